The minimum Gasteiger partial charge on any atom is -0.400 e. The van der Waals surface area contributed by atoms with E-state index < -0.39 is 0 Å². The fourth-order valence-corrected chi connectivity index (χ4v) is 4.13. The number of likely N-dealkylation sites (N-methyl/N-ethyl adjacent to an activating group) is 1. The van der Waals surface area contributed by atoms with Crippen LogP contribution >= 0.6 is 0 Å². The van der Waals surface area contributed by atoms with Gasteiger partial charge in [0.2, 0.25) is 0 Å². The Labute approximate surface area is 162 Å². The number of aryl methyl sites for hydroxylation is 2. The third kappa shape index (κ3) is 3.37. The van der Waals surface area contributed by atoms with Crippen LogP contribution in [0.4, 0.5) is 0 Å². The predicted octanol–water partition coefficient (Wildman–Crippen LogP) is 4.28. The fourth-order valence-electron chi connectivity index (χ4n) is 4.13. The number of benzene rings is 1. The van der Waals surface area contributed by atoms with E-state index in [2.05, 4.69) is 62.3 Å². The molecule has 1 aromatic heterocycles. The van der Waals surface area contributed by atoms with Gasteiger partial charge in [0.1, 0.15) is 0 Å². The van der Waals surface area contributed by atoms with Crippen LogP contribution in [-0.2, 0) is 22.2 Å². The number of H-pyrrole nitrogens is 1. The lowest BCUT2D eigenvalue weighted by atomic mass is 9.77. The summed E-state index contributed by atoms with van der Waals surface area (Å²) >= 11 is 0. The highest BCUT2D eigenvalue weighted by Crippen LogP contribution is 2.39. The summed E-state index contributed by atoms with van der Waals surface area (Å²) in [7, 11) is 1.64. The first-order valence-electron chi connectivity index (χ1n) is 10.1. The van der Waals surface area contributed by atoms with Crippen molar-refractivity contribution in [2.24, 2.45) is 0 Å². The lowest BCUT2D eigenvalue weighted by Gasteiger charge is -2.32. The number of hydrogen-bond donors (Lipinski definition) is 2. The van der Waals surface area contributed by atoms with Gasteiger partial charge < -0.3 is 19.6 Å². The van der Waals surface area contributed by atoms with Gasteiger partial charge in [-0.25, -0.2) is 0 Å². The number of nitrogens with one attached hydrogen (secondary N) is 2. The van der Waals surface area contributed by atoms with E-state index in [4.69, 9.17) is 9.31 Å². The Bertz CT molecular complexity index is 866. The summed E-state index contributed by atoms with van der Waals surface area (Å²) in [6.45, 7) is 9.13. The first-order valence-corrected chi connectivity index (χ1v) is 10.1. The summed E-state index contributed by atoms with van der Waals surface area (Å²) < 4.78 is 12.6. The van der Waals surface area contributed by atoms with Crippen LogP contribution in [-0.4, -0.2) is 36.9 Å². The maximum Gasteiger partial charge on any atom is 0.491 e. The smallest absolute Gasteiger partial charge is 0.400 e. The quantitative estimate of drug-likeness (QED) is 0.794. The molecule has 0 atom stereocenters. The molecule has 4 rings (SSSR count). The van der Waals surface area contributed by atoms with E-state index in [9.17, 15) is 0 Å². The van der Waals surface area contributed by atoms with Crippen LogP contribution in [0.1, 0.15) is 57.4 Å². The predicted molar refractivity (Wildman–Crippen MR) is 113 cm³/mol. The molecule has 27 heavy (non-hydrogen) atoms. The van der Waals surface area contributed by atoms with Gasteiger partial charge >= 0.3 is 7.12 Å². The minimum atomic E-state index is -0.325. The Morgan fingerprint density at radius 2 is 1.85 bits per heavy atom. The Hall–Kier alpha value is -1.56. The van der Waals surface area contributed by atoms with E-state index in [1.165, 1.54) is 53.4 Å². The van der Waals surface area contributed by atoms with Crippen molar-refractivity contribution in [2.45, 2.75) is 64.6 Å². The van der Waals surface area contributed by atoms with Crippen LogP contribution in [0.15, 0.2) is 23.7 Å². The average Bonchev–Trinajstić information content (AvgIpc) is 3.08. The van der Waals surface area contributed by atoms with Crippen molar-refractivity contribution in [3.05, 3.63) is 40.5 Å². The standard InChI is InChI=1S/C22H31BN2O2/c1-21(2)22(3,4)27-23(26-21)16(14-24-5)12-15-10-11-20-18(13-15)17-8-6-7-9-19(17)25-20/h10-13,24-25H,6-9,14H2,1-5H3. The number of rotatable bonds is 4. The second-order valence-electron chi connectivity index (χ2n) is 8.93. The molecule has 0 spiro atoms. The van der Waals surface area contributed by atoms with Crippen molar-refractivity contribution in [1.29, 1.82) is 0 Å². The van der Waals surface area contributed by atoms with Crippen molar-refractivity contribution < 1.29 is 9.31 Å². The molecule has 2 N–H and O–H groups in total. The van der Waals surface area contributed by atoms with E-state index in [1.54, 1.807) is 0 Å². The summed E-state index contributed by atoms with van der Waals surface area (Å²) in [5, 5.41) is 4.64. The molecule has 0 radical (unpaired) electrons. The number of fused-ring (bicyclic) bond motifs is 3. The van der Waals surface area contributed by atoms with E-state index in [0.29, 0.717) is 0 Å². The maximum atomic E-state index is 6.28. The molecule has 0 saturated carbocycles. The van der Waals surface area contributed by atoms with Gasteiger partial charge in [0, 0.05) is 23.1 Å². The van der Waals surface area contributed by atoms with Gasteiger partial charge in [-0.05, 0) is 89.2 Å². The van der Waals surface area contributed by atoms with Crippen LogP contribution < -0.4 is 5.32 Å². The van der Waals surface area contributed by atoms with Crippen LogP contribution in [0.5, 0.6) is 0 Å². The van der Waals surface area contributed by atoms with Crippen molar-refractivity contribution in [2.75, 3.05) is 13.6 Å². The van der Waals surface area contributed by atoms with Gasteiger partial charge in [0.25, 0.3) is 0 Å². The number of hydrogen-bond acceptors (Lipinski definition) is 3. The molecule has 4 nitrogen and oxygen atoms in total. The summed E-state index contributed by atoms with van der Waals surface area (Å²) in [4.78, 5) is 3.62. The van der Waals surface area contributed by atoms with Crippen molar-refractivity contribution in [3.63, 3.8) is 0 Å². The highest BCUT2D eigenvalue weighted by molar-refractivity contribution is 6.55. The Morgan fingerprint density at radius 3 is 2.56 bits per heavy atom. The Morgan fingerprint density at radius 1 is 1.15 bits per heavy atom. The normalized spacial score (nSPS) is 21.7. The third-order valence-corrected chi connectivity index (χ3v) is 6.41. The monoisotopic (exact) mass is 366 g/mol. The highest BCUT2D eigenvalue weighted by Gasteiger charge is 2.52. The average molecular weight is 366 g/mol. The van der Waals surface area contributed by atoms with Gasteiger partial charge in [-0.1, -0.05) is 12.1 Å². The first-order chi connectivity index (χ1) is 12.8. The topological polar surface area (TPSA) is 46.3 Å². The second kappa shape index (κ2) is 6.80. The van der Waals surface area contributed by atoms with Crippen LogP contribution in [0.2, 0.25) is 0 Å². The zero-order valence-electron chi connectivity index (χ0n) is 17.2. The second-order valence-corrected chi connectivity index (χ2v) is 8.93. The molecule has 0 unspecified atom stereocenters. The van der Waals surface area contributed by atoms with E-state index >= 15 is 0 Å². The fraction of sp³-hybridized carbons (Fsp3) is 0.545. The Kier molecular flexibility index (Phi) is 4.73. The summed E-state index contributed by atoms with van der Waals surface area (Å²) in [5.74, 6) is 0. The lowest BCUT2D eigenvalue weighted by Crippen LogP contribution is -2.41. The third-order valence-electron chi connectivity index (χ3n) is 6.41. The molecular formula is C22H31BN2O2. The lowest BCUT2D eigenvalue weighted by molar-refractivity contribution is 0.00578. The van der Waals surface area contributed by atoms with E-state index in [-0.39, 0.29) is 18.3 Å². The SMILES string of the molecule is CNCC(=Cc1ccc2[nH]c3c(c2c1)CCCC3)B1OC(C)(C)C(C)(C)O1. The zero-order valence-corrected chi connectivity index (χ0v) is 17.2. The van der Waals surface area contributed by atoms with Gasteiger partial charge in [0.15, 0.2) is 0 Å². The molecule has 2 aliphatic rings. The van der Waals surface area contributed by atoms with Crippen molar-refractivity contribution >= 4 is 24.1 Å². The molecule has 0 amide bonds. The van der Waals surface area contributed by atoms with Gasteiger partial charge in [-0.2, -0.15) is 0 Å². The molecule has 1 aliphatic heterocycles. The van der Waals surface area contributed by atoms with Crippen molar-refractivity contribution in [1.82, 2.24) is 10.3 Å². The van der Waals surface area contributed by atoms with Crippen LogP contribution in [0, 0.1) is 0 Å². The molecule has 1 aromatic carbocycles. The first kappa shape index (κ1) is 18.8. The van der Waals surface area contributed by atoms with Gasteiger partial charge in [-0.15, -0.1) is 0 Å². The minimum absolute atomic E-state index is 0.321. The molecule has 1 aliphatic carbocycles. The van der Waals surface area contributed by atoms with E-state index in [1.807, 2.05) is 7.05 Å². The molecule has 5 heteroatoms. The number of aromatic amines is 1. The van der Waals surface area contributed by atoms with Gasteiger partial charge in [-0.3, -0.25) is 0 Å². The molecule has 2 heterocycles. The maximum absolute atomic E-state index is 6.28. The van der Waals surface area contributed by atoms with Crippen LogP contribution in [0.3, 0.4) is 0 Å². The molecule has 1 fully saturated rings. The largest absolute Gasteiger partial charge is 0.491 e. The summed E-state index contributed by atoms with van der Waals surface area (Å²) in [5.41, 5.74) is 5.87. The Balaban J connectivity index is 1.69. The summed E-state index contributed by atoms with van der Waals surface area (Å²) in [6.07, 6.45) is 7.16. The summed E-state index contributed by atoms with van der Waals surface area (Å²) in [6, 6.07) is 6.71. The van der Waals surface area contributed by atoms with Gasteiger partial charge in [0.05, 0.1) is 11.2 Å². The number of aromatic nitrogens is 1. The van der Waals surface area contributed by atoms with Crippen LogP contribution in [0.25, 0.3) is 17.0 Å². The van der Waals surface area contributed by atoms with E-state index in [0.717, 1.165) is 12.0 Å². The van der Waals surface area contributed by atoms with Crippen molar-refractivity contribution in [3.8, 4) is 0 Å². The molecule has 144 valence electrons. The molecule has 2 aromatic rings. The zero-order chi connectivity index (χ0) is 19.2. The molecule has 1 saturated heterocycles. The molecular weight excluding hydrogens is 335 g/mol. The molecule has 0 bridgehead atoms. The highest BCUT2D eigenvalue weighted by atomic mass is 16.7.